The fourth-order valence-corrected chi connectivity index (χ4v) is 2.10. The fourth-order valence-electron chi connectivity index (χ4n) is 2.10. The van der Waals surface area contributed by atoms with Crippen molar-refractivity contribution in [2.75, 3.05) is 19.8 Å². The topological polar surface area (TPSA) is 66.8 Å². The number of hydrogen-bond donors (Lipinski definition) is 1. The van der Waals surface area contributed by atoms with Crippen molar-refractivity contribution in [3.63, 3.8) is 0 Å². The smallest absolute Gasteiger partial charge is 0.308 e. The molecule has 1 aliphatic heterocycles. The summed E-state index contributed by atoms with van der Waals surface area (Å²) in [4.78, 5) is 24.4. The summed E-state index contributed by atoms with van der Waals surface area (Å²) in [6, 6.07) is -0.0215. The maximum Gasteiger partial charge on any atom is 0.308 e. The van der Waals surface area contributed by atoms with Gasteiger partial charge in [-0.2, -0.15) is 0 Å². The van der Waals surface area contributed by atoms with Crippen LogP contribution in [0, 0.1) is 11.8 Å². The minimum atomic E-state index is -0.889. The largest absolute Gasteiger partial charge is 0.481 e. The molecule has 2 unspecified atom stereocenters. The lowest BCUT2D eigenvalue weighted by atomic mass is 10.0. The maximum absolute atomic E-state index is 11.8. The number of carbonyl (C=O) groups excluding carboxylic acids is 1. The van der Waals surface area contributed by atoms with Gasteiger partial charge in [0.25, 0.3) is 0 Å². The Morgan fingerprint density at radius 3 is 2.65 bits per heavy atom. The van der Waals surface area contributed by atoms with Gasteiger partial charge in [-0.3, -0.25) is 9.59 Å². The fraction of sp³-hybridized carbons (Fsp3) is 0.833. The number of carboxylic acids is 1. The molecule has 0 aromatic heterocycles. The third-order valence-corrected chi connectivity index (χ3v) is 3.17. The van der Waals surface area contributed by atoms with Gasteiger partial charge in [0.2, 0.25) is 5.91 Å². The van der Waals surface area contributed by atoms with Crippen molar-refractivity contribution in [1.82, 2.24) is 4.90 Å². The van der Waals surface area contributed by atoms with E-state index in [1.165, 1.54) is 0 Å². The van der Waals surface area contributed by atoms with Crippen LogP contribution in [0.25, 0.3) is 0 Å². The van der Waals surface area contributed by atoms with Crippen molar-refractivity contribution < 1.29 is 19.4 Å². The van der Waals surface area contributed by atoms with Gasteiger partial charge in [0.15, 0.2) is 0 Å². The number of carbonyl (C=O) groups is 2. The normalized spacial score (nSPS) is 22.2. The van der Waals surface area contributed by atoms with Gasteiger partial charge in [0, 0.05) is 19.6 Å². The number of rotatable bonds is 6. The third-order valence-electron chi connectivity index (χ3n) is 3.17. The molecule has 1 aliphatic rings. The van der Waals surface area contributed by atoms with E-state index in [0.29, 0.717) is 19.8 Å². The number of aliphatic carboxylic acids is 1. The number of amides is 1. The van der Waals surface area contributed by atoms with Crippen molar-refractivity contribution in [3.05, 3.63) is 0 Å². The summed E-state index contributed by atoms with van der Waals surface area (Å²) in [6.45, 7) is 7.34. The lowest BCUT2D eigenvalue weighted by Gasteiger charge is -2.30. The van der Waals surface area contributed by atoms with Crippen LogP contribution in [-0.4, -0.2) is 47.7 Å². The summed E-state index contributed by atoms with van der Waals surface area (Å²) in [6.07, 6.45) is 0.116. The van der Waals surface area contributed by atoms with Crippen LogP contribution in [0.3, 0.4) is 0 Å². The van der Waals surface area contributed by atoms with E-state index in [1.54, 1.807) is 4.90 Å². The van der Waals surface area contributed by atoms with Gasteiger partial charge in [-0.25, -0.2) is 0 Å². The maximum atomic E-state index is 11.8. The Bertz CT molecular complexity index is 290. The summed E-state index contributed by atoms with van der Waals surface area (Å²) in [5.74, 6) is -1.26. The molecule has 98 valence electrons. The average Bonchev–Trinajstić information content (AvgIpc) is 2.61. The zero-order valence-corrected chi connectivity index (χ0v) is 10.7. The van der Waals surface area contributed by atoms with E-state index >= 15 is 0 Å². The molecule has 0 aromatic rings. The van der Waals surface area contributed by atoms with Gasteiger partial charge in [-0.15, -0.1) is 0 Å². The molecule has 0 spiro atoms. The molecule has 0 bridgehead atoms. The number of nitrogens with zero attached hydrogens (tertiary/aromatic N) is 1. The van der Waals surface area contributed by atoms with Crippen LogP contribution in [0.4, 0.5) is 0 Å². The van der Waals surface area contributed by atoms with Crippen LogP contribution in [0.5, 0.6) is 0 Å². The minimum absolute atomic E-state index is 0.0215. The summed E-state index contributed by atoms with van der Waals surface area (Å²) in [5, 5.41) is 8.94. The molecule has 0 aliphatic carbocycles. The van der Waals surface area contributed by atoms with Gasteiger partial charge in [-0.1, -0.05) is 13.8 Å². The Balaban J connectivity index is 2.68. The highest BCUT2D eigenvalue weighted by Crippen LogP contribution is 2.23. The monoisotopic (exact) mass is 243 g/mol. The van der Waals surface area contributed by atoms with E-state index in [4.69, 9.17) is 9.84 Å². The quantitative estimate of drug-likeness (QED) is 0.755. The highest BCUT2D eigenvalue weighted by atomic mass is 16.5. The lowest BCUT2D eigenvalue weighted by Crippen LogP contribution is -2.43. The first-order chi connectivity index (χ1) is 7.97. The summed E-state index contributed by atoms with van der Waals surface area (Å²) >= 11 is 0. The zero-order valence-electron chi connectivity index (χ0n) is 10.7. The van der Waals surface area contributed by atoms with E-state index in [0.717, 1.165) is 0 Å². The number of likely N-dealkylation sites (tertiary alicyclic amines) is 1. The molecule has 5 nitrogen and oxygen atoms in total. The van der Waals surface area contributed by atoms with Gasteiger partial charge >= 0.3 is 5.97 Å². The number of hydrogen-bond acceptors (Lipinski definition) is 3. The lowest BCUT2D eigenvalue weighted by molar-refractivity contribution is -0.141. The van der Waals surface area contributed by atoms with E-state index in [9.17, 15) is 9.59 Å². The van der Waals surface area contributed by atoms with Gasteiger partial charge in [0.05, 0.1) is 18.6 Å². The molecule has 5 heteroatoms. The second-order valence-electron chi connectivity index (χ2n) is 4.76. The van der Waals surface area contributed by atoms with Crippen LogP contribution in [-0.2, 0) is 14.3 Å². The molecule has 1 amide bonds. The Hall–Kier alpha value is -1.10. The van der Waals surface area contributed by atoms with E-state index in [2.05, 4.69) is 0 Å². The van der Waals surface area contributed by atoms with Gasteiger partial charge in [0.1, 0.15) is 0 Å². The second-order valence-corrected chi connectivity index (χ2v) is 4.76. The number of carboxylic acid groups (broad SMARTS) is 1. The molecular formula is C12H21NO4. The summed E-state index contributed by atoms with van der Waals surface area (Å²) in [5.41, 5.74) is 0. The van der Waals surface area contributed by atoms with Crippen molar-refractivity contribution in [2.24, 2.45) is 11.8 Å². The first-order valence-corrected chi connectivity index (χ1v) is 6.07. The predicted molar refractivity (Wildman–Crippen MR) is 62.6 cm³/mol. The first-order valence-electron chi connectivity index (χ1n) is 6.07. The second kappa shape index (κ2) is 6.00. The summed E-state index contributed by atoms with van der Waals surface area (Å²) in [7, 11) is 0. The van der Waals surface area contributed by atoms with Gasteiger partial charge < -0.3 is 14.7 Å². The molecule has 1 N–H and O–H groups in total. The van der Waals surface area contributed by atoms with Crippen LogP contribution in [0.2, 0.25) is 0 Å². The van der Waals surface area contributed by atoms with Crippen LogP contribution >= 0.6 is 0 Å². The average molecular weight is 243 g/mol. The highest BCUT2D eigenvalue weighted by molar-refractivity contribution is 5.86. The van der Waals surface area contributed by atoms with Gasteiger partial charge in [-0.05, 0) is 12.8 Å². The molecule has 0 aromatic carbocycles. The molecule has 1 rings (SSSR count). The number of ether oxygens (including phenoxy) is 1. The van der Waals surface area contributed by atoms with Crippen LogP contribution in [0.15, 0.2) is 0 Å². The Kier molecular flexibility index (Phi) is 4.93. The van der Waals surface area contributed by atoms with Crippen molar-refractivity contribution >= 4 is 11.9 Å². The standard InChI is InChI=1S/C12H21NO4/c1-4-17-7-10(8(2)3)13-6-9(12(15)16)5-11(13)14/h8-10H,4-7H2,1-3H3,(H,15,16). The molecular weight excluding hydrogens is 222 g/mol. The molecule has 0 radical (unpaired) electrons. The summed E-state index contributed by atoms with van der Waals surface area (Å²) < 4.78 is 5.37. The van der Waals surface area contributed by atoms with Crippen LogP contribution in [0.1, 0.15) is 27.2 Å². The first kappa shape index (κ1) is 14.0. The predicted octanol–water partition coefficient (Wildman–Crippen LogP) is 0.981. The van der Waals surface area contributed by atoms with E-state index in [-0.39, 0.29) is 24.3 Å². The molecule has 1 fully saturated rings. The SMILES string of the molecule is CCOCC(C(C)C)N1CC(C(=O)O)CC1=O. The Morgan fingerprint density at radius 2 is 2.24 bits per heavy atom. The molecule has 17 heavy (non-hydrogen) atoms. The molecule has 2 atom stereocenters. The van der Waals surface area contributed by atoms with Crippen molar-refractivity contribution in [2.45, 2.75) is 33.2 Å². The molecule has 1 heterocycles. The van der Waals surface area contributed by atoms with Crippen molar-refractivity contribution in [3.8, 4) is 0 Å². The Morgan fingerprint density at radius 1 is 1.59 bits per heavy atom. The highest BCUT2D eigenvalue weighted by Gasteiger charge is 2.38. The van der Waals surface area contributed by atoms with Crippen molar-refractivity contribution in [1.29, 1.82) is 0 Å². The van der Waals surface area contributed by atoms with E-state index in [1.807, 2.05) is 20.8 Å². The molecule has 1 saturated heterocycles. The molecule has 0 saturated carbocycles. The minimum Gasteiger partial charge on any atom is -0.481 e. The van der Waals surface area contributed by atoms with E-state index < -0.39 is 11.9 Å². The zero-order chi connectivity index (χ0) is 13.0. The third kappa shape index (κ3) is 3.43. The van der Waals surface area contributed by atoms with Crippen LogP contribution < -0.4 is 0 Å². The Labute approximate surface area is 102 Å².